The number of hydrogen-bond donors (Lipinski definition) is 1. The largest absolute Gasteiger partial charge is 0.328 e. The van der Waals surface area contributed by atoms with Crippen molar-refractivity contribution < 1.29 is 0 Å². The van der Waals surface area contributed by atoms with Gasteiger partial charge < -0.3 is 0 Å². The van der Waals surface area contributed by atoms with Crippen molar-refractivity contribution in [3.63, 3.8) is 0 Å². The predicted molar refractivity (Wildman–Crippen MR) is 120 cm³/mol. The number of aromatic amines is 1. The molecule has 0 atom stereocenters. The smallest absolute Gasteiger partial charge is 0.293 e. The van der Waals surface area contributed by atoms with Crippen LogP contribution in [0.2, 0.25) is 0 Å². The van der Waals surface area contributed by atoms with Crippen molar-refractivity contribution >= 4 is 6.08 Å². The first-order chi connectivity index (χ1) is 13.8. The maximum atomic E-state index is 12.7. The summed E-state index contributed by atoms with van der Waals surface area (Å²) in [6.45, 7) is 8.51. The average Bonchev–Trinajstić information content (AvgIpc) is 2.63. The number of hydrogen-bond acceptors (Lipinski definition) is 2. The number of benzene rings is 2. The summed E-state index contributed by atoms with van der Waals surface area (Å²) in [4.78, 5) is 27.8. The van der Waals surface area contributed by atoms with Gasteiger partial charge in [0.25, 0.3) is 5.56 Å². The van der Waals surface area contributed by atoms with E-state index in [0.717, 1.165) is 16.8 Å². The summed E-state index contributed by atoms with van der Waals surface area (Å²) < 4.78 is 1.69. The molecule has 0 aliphatic heterocycles. The summed E-state index contributed by atoms with van der Waals surface area (Å²) >= 11 is 0. The van der Waals surface area contributed by atoms with Crippen LogP contribution in [0.5, 0.6) is 0 Å². The minimum absolute atomic E-state index is 0.0182. The summed E-state index contributed by atoms with van der Waals surface area (Å²) in [7, 11) is 0. The maximum absolute atomic E-state index is 12.7. The molecule has 3 aromatic rings. The average molecular weight is 389 g/mol. The molecule has 0 aliphatic carbocycles. The van der Waals surface area contributed by atoms with Gasteiger partial charge in [-0.15, -0.1) is 0 Å². The van der Waals surface area contributed by atoms with Crippen molar-refractivity contribution in [2.75, 3.05) is 0 Å². The summed E-state index contributed by atoms with van der Waals surface area (Å²) in [6.07, 6.45) is 4.51. The van der Waals surface area contributed by atoms with Crippen LogP contribution in [0.15, 0.2) is 64.2 Å². The third-order valence-electron chi connectivity index (χ3n) is 4.98. The van der Waals surface area contributed by atoms with Gasteiger partial charge in [0.05, 0.1) is 0 Å². The van der Waals surface area contributed by atoms with E-state index in [-0.39, 0.29) is 17.2 Å². The number of nitrogens with zero attached hydrogens (tertiary/aromatic N) is 1. The Hall–Kier alpha value is -3.14. The minimum Gasteiger partial charge on any atom is -0.293 e. The van der Waals surface area contributed by atoms with Gasteiger partial charge in [0.15, 0.2) is 0 Å². The molecule has 0 amide bonds. The quantitative estimate of drug-likeness (QED) is 0.672. The SMILES string of the molecule is Cc1cc(C)cc(Cc2c(C(C)C)c(=O)[nH]c(=O)n2C/C=C/c2ccccc2)c1. The lowest BCUT2D eigenvalue weighted by Gasteiger charge is -2.18. The second-order valence-electron chi connectivity index (χ2n) is 7.87. The van der Waals surface area contributed by atoms with Crippen LogP contribution >= 0.6 is 0 Å². The Balaban J connectivity index is 2.06. The van der Waals surface area contributed by atoms with Crippen LogP contribution in [-0.4, -0.2) is 9.55 Å². The molecule has 1 aromatic heterocycles. The Bertz CT molecular complexity index is 1120. The Kier molecular flexibility index (Phi) is 6.32. The third-order valence-corrected chi connectivity index (χ3v) is 4.98. The molecule has 2 aromatic carbocycles. The lowest BCUT2D eigenvalue weighted by Crippen LogP contribution is -2.36. The number of aryl methyl sites for hydroxylation is 2. The van der Waals surface area contributed by atoms with Crippen LogP contribution in [0.3, 0.4) is 0 Å². The fourth-order valence-corrected chi connectivity index (χ4v) is 3.83. The zero-order valence-corrected chi connectivity index (χ0v) is 17.5. The highest BCUT2D eigenvalue weighted by atomic mass is 16.2. The Morgan fingerprint density at radius 1 is 1.00 bits per heavy atom. The highest BCUT2D eigenvalue weighted by Crippen LogP contribution is 2.19. The highest BCUT2D eigenvalue weighted by molar-refractivity contribution is 5.48. The molecule has 4 heteroatoms. The number of nitrogens with one attached hydrogen (secondary N) is 1. The van der Waals surface area contributed by atoms with Crippen molar-refractivity contribution in [2.45, 2.75) is 46.6 Å². The molecule has 0 bridgehead atoms. The molecule has 1 heterocycles. The lowest BCUT2D eigenvalue weighted by molar-refractivity contribution is 0.658. The van der Waals surface area contributed by atoms with E-state index < -0.39 is 0 Å². The standard InChI is InChI=1S/C25H28N2O2/c1-17(2)23-22(16-21-14-18(3)13-19(4)15-21)27(25(29)26-24(23)28)12-8-11-20-9-6-5-7-10-20/h5-11,13-15,17H,12,16H2,1-4H3,(H,26,28,29)/b11-8+. The van der Waals surface area contributed by atoms with E-state index in [1.165, 1.54) is 11.1 Å². The van der Waals surface area contributed by atoms with Gasteiger partial charge in [-0.05, 0) is 30.9 Å². The Morgan fingerprint density at radius 3 is 2.28 bits per heavy atom. The molecule has 0 radical (unpaired) electrons. The summed E-state index contributed by atoms with van der Waals surface area (Å²) in [5.41, 5.74) is 5.35. The van der Waals surface area contributed by atoms with Crippen LogP contribution in [0.1, 0.15) is 53.3 Å². The second-order valence-corrected chi connectivity index (χ2v) is 7.87. The fraction of sp³-hybridized carbons (Fsp3) is 0.280. The first-order valence-electron chi connectivity index (χ1n) is 10.00. The zero-order chi connectivity index (χ0) is 21.0. The molecule has 0 saturated carbocycles. The van der Waals surface area contributed by atoms with Crippen LogP contribution < -0.4 is 11.2 Å². The molecule has 0 aliphatic rings. The number of aromatic nitrogens is 2. The first kappa shape index (κ1) is 20.6. The van der Waals surface area contributed by atoms with Gasteiger partial charge in [0, 0.05) is 24.2 Å². The first-order valence-corrected chi connectivity index (χ1v) is 10.00. The number of allylic oxidation sites excluding steroid dienone is 1. The summed E-state index contributed by atoms with van der Waals surface area (Å²) in [6, 6.07) is 16.3. The number of rotatable bonds is 6. The number of H-pyrrole nitrogens is 1. The predicted octanol–water partition coefficient (Wildman–Crippen LogP) is 4.58. The topological polar surface area (TPSA) is 54.9 Å². The van der Waals surface area contributed by atoms with E-state index in [0.29, 0.717) is 18.5 Å². The van der Waals surface area contributed by atoms with E-state index in [1.54, 1.807) is 4.57 Å². The van der Waals surface area contributed by atoms with Crippen molar-refractivity contribution in [3.8, 4) is 0 Å². The molecule has 0 saturated heterocycles. The molecule has 0 spiro atoms. The highest BCUT2D eigenvalue weighted by Gasteiger charge is 2.17. The van der Waals surface area contributed by atoms with E-state index >= 15 is 0 Å². The second kappa shape index (κ2) is 8.91. The van der Waals surface area contributed by atoms with E-state index in [9.17, 15) is 9.59 Å². The maximum Gasteiger partial charge on any atom is 0.328 e. The molecule has 3 rings (SSSR count). The molecular formula is C25H28N2O2. The van der Waals surface area contributed by atoms with Crippen LogP contribution in [0.4, 0.5) is 0 Å². The monoisotopic (exact) mass is 388 g/mol. The van der Waals surface area contributed by atoms with Gasteiger partial charge >= 0.3 is 5.69 Å². The van der Waals surface area contributed by atoms with Gasteiger partial charge in [-0.2, -0.15) is 0 Å². The van der Waals surface area contributed by atoms with Gasteiger partial charge in [-0.1, -0.05) is 85.7 Å². The molecule has 29 heavy (non-hydrogen) atoms. The Morgan fingerprint density at radius 2 is 1.66 bits per heavy atom. The third kappa shape index (κ3) is 5.02. The molecule has 1 N–H and O–H groups in total. The normalized spacial score (nSPS) is 11.5. The van der Waals surface area contributed by atoms with E-state index in [1.807, 2.05) is 56.3 Å². The molecule has 4 nitrogen and oxygen atoms in total. The van der Waals surface area contributed by atoms with Crippen molar-refractivity contribution in [1.29, 1.82) is 0 Å². The molecular weight excluding hydrogens is 360 g/mol. The summed E-state index contributed by atoms with van der Waals surface area (Å²) in [5, 5.41) is 0. The zero-order valence-electron chi connectivity index (χ0n) is 17.5. The van der Waals surface area contributed by atoms with E-state index in [2.05, 4.69) is 37.0 Å². The molecule has 150 valence electrons. The van der Waals surface area contributed by atoms with Gasteiger partial charge in [0.1, 0.15) is 0 Å². The minimum atomic E-state index is -0.364. The molecule has 0 fully saturated rings. The lowest BCUT2D eigenvalue weighted by atomic mass is 9.96. The van der Waals surface area contributed by atoms with Gasteiger partial charge in [-0.25, -0.2) is 4.79 Å². The van der Waals surface area contributed by atoms with Crippen molar-refractivity contribution in [2.24, 2.45) is 0 Å². The van der Waals surface area contributed by atoms with Crippen molar-refractivity contribution in [3.05, 3.63) is 109 Å². The Labute approximate surface area is 171 Å². The van der Waals surface area contributed by atoms with Crippen molar-refractivity contribution in [1.82, 2.24) is 9.55 Å². The van der Waals surface area contributed by atoms with Crippen LogP contribution in [0.25, 0.3) is 6.08 Å². The van der Waals surface area contributed by atoms with Gasteiger partial charge in [0.2, 0.25) is 0 Å². The molecule has 0 unspecified atom stereocenters. The fourth-order valence-electron chi connectivity index (χ4n) is 3.83. The van der Waals surface area contributed by atoms with Gasteiger partial charge in [-0.3, -0.25) is 14.3 Å². The van der Waals surface area contributed by atoms with Crippen LogP contribution in [0, 0.1) is 13.8 Å². The van der Waals surface area contributed by atoms with E-state index in [4.69, 9.17) is 0 Å². The van der Waals surface area contributed by atoms with Crippen LogP contribution in [-0.2, 0) is 13.0 Å². The summed E-state index contributed by atoms with van der Waals surface area (Å²) in [5.74, 6) is 0.0182.